The molecule has 0 radical (unpaired) electrons. The molecule has 29 heavy (non-hydrogen) atoms. The summed E-state index contributed by atoms with van der Waals surface area (Å²) in [7, 11) is 0. The van der Waals surface area contributed by atoms with Crippen LogP contribution in [-0.2, 0) is 9.53 Å². The van der Waals surface area contributed by atoms with Gasteiger partial charge in [-0.15, -0.1) is 0 Å². The van der Waals surface area contributed by atoms with Gasteiger partial charge in [0.15, 0.2) is 11.6 Å². The molecule has 3 aromatic rings. The van der Waals surface area contributed by atoms with E-state index in [9.17, 15) is 4.79 Å². The molecule has 4 rings (SSSR count). The van der Waals surface area contributed by atoms with Crippen molar-refractivity contribution in [3.05, 3.63) is 42.7 Å². The first-order chi connectivity index (χ1) is 14.1. The third kappa shape index (κ3) is 4.24. The molecule has 1 amide bonds. The predicted molar refractivity (Wildman–Crippen MR) is 112 cm³/mol. The van der Waals surface area contributed by atoms with Crippen molar-refractivity contribution in [2.24, 2.45) is 0 Å². The molecule has 1 fully saturated rings. The molecule has 2 aromatic heterocycles. The third-order valence-corrected chi connectivity index (χ3v) is 5.15. The number of aromatic nitrogens is 2. The Hall–Kier alpha value is -2.93. The molecule has 0 spiro atoms. The van der Waals surface area contributed by atoms with Crippen molar-refractivity contribution < 1.29 is 13.9 Å². The van der Waals surface area contributed by atoms with Gasteiger partial charge in [-0.2, -0.15) is 0 Å². The van der Waals surface area contributed by atoms with E-state index in [-0.39, 0.29) is 11.9 Å². The lowest BCUT2D eigenvalue weighted by Crippen LogP contribution is -2.43. The third-order valence-electron chi connectivity index (χ3n) is 5.15. The molecule has 7 heteroatoms. The lowest BCUT2D eigenvalue weighted by Gasteiger charge is -2.31. The number of para-hydroxylation sites is 1. The molecule has 0 aliphatic carbocycles. The van der Waals surface area contributed by atoms with Crippen LogP contribution in [0, 0.1) is 0 Å². The smallest absolute Gasteiger partial charge is 0.224 e. The molecule has 0 bridgehead atoms. The van der Waals surface area contributed by atoms with E-state index in [2.05, 4.69) is 23.7 Å². The highest BCUT2D eigenvalue weighted by atomic mass is 16.5. The Morgan fingerprint density at radius 3 is 2.66 bits per heavy atom. The van der Waals surface area contributed by atoms with Crippen LogP contribution >= 0.6 is 0 Å². The van der Waals surface area contributed by atoms with Crippen molar-refractivity contribution >= 4 is 22.6 Å². The first-order valence-corrected chi connectivity index (χ1v) is 10.1. The standard InChI is InChI=1S/C22H26N4O3/c1-16(2)26(10-9-20(27)25-11-14-28-15-12-25)22-17-6-3-4-7-18(17)23-21(24-22)19-8-5-13-29-19/h3-8,13,16H,9-12,14-15H2,1-2H3. The van der Waals surface area contributed by atoms with E-state index in [1.165, 1.54) is 0 Å². The maximum atomic E-state index is 12.7. The Bertz CT molecular complexity index is 965. The summed E-state index contributed by atoms with van der Waals surface area (Å²) in [6.45, 7) is 7.38. The SMILES string of the molecule is CC(C)N(CCC(=O)N1CCOCC1)c1nc(-c2ccco2)nc2ccccc12. The topological polar surface area (TPSA) is 71.7 Å². The van der Waals surface area contributed by atoms with Crippen molar-refractivity contribution in [1.82, 2.24) is 14.9 Å². The Morgan fingerprint density at radius 1 is 1.14 bits per heavy atom. The van der Waals surface area contributed by atoms with Crippen molar-refractivity contribution in [1.29, 1.82) is 0 Å². The number of furan rings is 1. The second kappa shape index (κ2) is 8.61. The van der Waals surface area contributed by atoms with Crippen LogP contribution in [0.25, 0.3) is 22.5 Å². The van der Waals surface area contributed by atoms with Gasteiger partial charge in [-0.3, -0.25) is 4.79 Å². The summed E-state index contributed by atoms with van der Waals surface area (Å²) < 4.78 is 10.9. The van der Waals surface area contributed by atoms with Gasteiger partial charge in [-0.05, 0) is 38.1 Å². The van der Waals surface area contributed by atoms with Gasteiger partial charge in [0.2, 0.25) is 5.91 Å². The fourth-order valence-electron chi connectivity index (χ4n) is 3.59. The summed E-state index contributed by atoms with van der Waals surface area (Å²) in [5.41, 5.74) is 0.856. The number of hydrogen-bond acceptors (Lipinski definition) is 6. The highest BCUT2D eigenvalue weighted by Gasteiger charge is 2.22. The summed E-state index contributed by atoms with van der Waals surface area (Å²) in [5, 5.41) is 0.968. The Morgan fingerprint density at radius 2 is 1.93 bits per heavy atom. The largest absolute Gasteiger partial charge is 0.461 e. The van der Waals surface area contributed by atoms with E-state index in [1.54, 1.807) is 6.26 Å². The minimum absolute atomic E-state index is 0.156. The number of carbonyl (C=O) groups is 1. The maximum absolute atomic E-state index is 12.7. The van der Waals surface area contributed by atoms with Gasteiger partial charge in [-0.1, -0.05) is 12.1 Å². The molecule has 3 heterocycles. The van der Waals surface area contributed by atoms with Gasteiger partial charge in [0.1, 0.15) is 5.82 Å². The van der Waals surface area contributed by atoms with E-state index >= 15 is 0 Å². The first kappa shape index (κ1) is 19.4. The number of anilines is 1. The molecular weight excluding hydrogens is 368 g/mol. The number of rotatable bonds is 6. The van der Waals surface area contributed by atoms with Crippen molar-refractivity contribution in [2.75, 3.05) is 37.7 Å². The summed E-state index contributed by atoms with van der Waals surface area (Å²) in [6, 6.07) is 11.8. The number of benzene rings is 1. The number of morpholine rings is 1. The van der Waals surface area contributed by atoms with E-state index in [1.807, 2.05) is 41.3 Å². The fourth-order valence-corrected chi connectivity index (χ4v) is 3.59. The highest BCUT2D eigenvalue weighted by Crippen LogP contribution is 2.29. The monoisotopic (exact) mass is 394 g/mol. The number of carbonyl (C=O) groups excluding carboxylic acids is 1. The predicted octanol–water partition coefficient (Wildman–Crippen LogP) is 3.35. The van der Waals surface area contributed by atoms with E-state index in [0.29, 0.717) is 50.9 Å². The maximum Gasteiger partial charge on any atom is 0.224 e. The van der Waals surface area contributed by atoms with Crippen LogP contribution in [-0.4, -0.2) is 59.7 Å². The van der Waals surface area contributed by atoms with Crippen LogP contribution < -0.4 is 4.90 Å². The second-order valence-electron chi connectivity index (χ2n) is 7.40. The number of amides is 1. The lowest BCUT2D eigenvalue weighted by atomic mass is 10.2. The van der Waals surface area contributed by atoms with E-state index < -0.39 is 0 Å². The number of nitrogens with zero attached hydrogens (tertiary/aromatic N) is 4. The molecule has 152 valence electrons. The lowest BCUT2D eigenvalue weighted by molar-refractivity contribution is -0.135. The molecule has 1 aromatic carbocycles. The molecular formula is C22H26N4O3. The van der Waals surface area contributed by atoms with Crippen LogP contribution in [0.1, 0.15) is 20.3 Å². The van der Waals surface area contributed by atoms with Crippen LogP contribution in [0.2, 0.25) is 0 Å². The van der Waals surface area contributed by atoms with Gasteiger partial charge in [0.25, 0.3) is 0 Å². The summed E-state index contributed by atoms with van der Waals surface area (Å²) >= 11 is 0. The minimum atomic E-state index is 0.156. The second-order valence-corrected chi connectivity index (χ2v) is 7.40. The summed E-state index contributed by atoms with van der Waals surface area (Å²) in [5.74, 6) is 2.16. The van der Waals surface area contributed by atoms with Crippen molar-refractivity contribution in [3.8, 4) is 11.6 Å². The van der Waals surface area contributed by atoms with Gasteiger partial charge < -0.3 is 19.0 Å². The van der Waals surface area contributed by atoms with Gasteiger partial charge in [-0.25, -0.2) is 9.97 Å². The number of ether oxygens (including phenoxy) is 1. The Labute approximate surface area is 170 Å². The molecule has 0 atom stereocenters. The fraction of sp³-hybridized carbons (Fsp3) is 0.409. The number of hydrogen-bond donors (Lipinski definition) is 0. The quantitative estimate of drug-likeness (QED) is 0.638. The minimum Gasteiger partial charge on any atom is -0.461 e. The molecule has 1 aliphatic rings. The molecule has 0 saturated carbocycles. The zero-order chi connectivity index (χ0) is 20.2. The molecule has 1 aliphatic heterocycles. The summed E-state index contributed by atoms with van der Waals surface area (Å²) in [6.07, 6.45) is 2.06. The van der Waals surface area contributed by atoms with E-state index in [4.69, 9.17) is 14.1 Å². The van der Waals surface area contributed by atoms with Crippen LogP contribution in [0.15, 0.2) is 47.1 Å². The Balaban J connectivity index is 1.64. The zero-order valence-electron chi connectivity index (χ0n) is 16.9. The van der Waals surface area contributed by atoms with Crippen LogP contribution in [0.4, 0.5) is 5.82 Å². The van der Waals surface area contributed by atoms with Gasteiger partial charge in [0.05, 0.1) is 25.0 Å². The molecule has 7 nitrogen and oxygen atoms in total. The average Bonchev–Trinajstić information content (AvgIpc) is 3.29. The molecule has 0 unspecified atom stereocenters. The van der Waals surface area contributed by atoms with Crippen molar-refractivity contribution in [3.63, 3.8) is 0 Å². The van der Waals surface area contributed by atoms with Crippen LogP contribution in [0.5, 0.6) is 0 Å². The first-order valence-electron chi connectivity index (χ1n) is 10.1. The van der Waals surface area contributed by atoms with Gasteiger partial charge >= 0.3 is 0 Å². The Kier molecular flexibility index (Phi) is 5.76. The average molecular weight is 394 g/mol. The van der Waals surface area contributed by atoms with Crippen LogP contribution in [0.3, 0.4) is 0 Å². The summed E-state index contributed by atoms with van der Waals surface area (Å²) in [4.78, 5) is 26.2. The zero-order valence-corrected chi connectivity index (χ0v) is 16.9. The molecule has 1 saturated heterocycles. The number of fused-ring (bicyclic) bond motifs is 1. The highest BCUT2D eigenvalue weighted by molar-refractivity contribution is 5.91. The van der Waals surface area contributed by atoms with Crippen molar-refractivity contribution in [2.45, 2.75) is 26.3 Å². The molecule has 0 N–H and O–H groups in total. The normalized spacial score (nSPS) is 14.5. The van der Waals surface area contributed by atoms with E-state index in [0.717, 1.165) is 16.7 Å². The van der Waals surface area contributed by atoms with Gasteiger partial charge in [0, 0.05) is 37.5 Å².